The fraction of sp³-hybridized carbons (Fsp3) is 0.375. The predicted molar refractivity (Wildman–Crippen MR) is 45.3 cm³/mol. The average Bonchev–Trinajstić information content (AvgIpc) is 2.17. The largest absolute Gasteiger partial charge is 0.492 e. The van der Waals surface area contributed by atoms with Crippen molar-refractivity contribution < 1.29 is 17.9 Å². The zero-order chi connectivity index (χ0) is 10.7. The fourth-order valence-corrected chi connectivity index (χ4v) is 1.27. The summed E-state index contributed by atoms with van der Waals surface area (Å²) in [5, 5.41) is 0. The van der Waals surface area contributed by atoms with Gasteiger partial charge in [-0.15, -0.1) is 11.6 Å². The third-order valence-corrected chi connectivity index (χ3v) is 1.97. The first kappa shape index (κ1) is 11.1. The van der Waals surface area contributed by atoms with E-state index < -0.39 is 23.7 Å². The Labute approximate surface area is 83.7 Å². The maximum Gasteiger partial charge on any atom is 0.267 e. The molecule has 0 fully saturated rings. The van der Waals surface area contributed by atoms with Crippen LogP contribution in [0.4, 0.5) is 13.2 Å². The summed E-state index contributed by atoms with van der Waals surface area (Å²) in [5.74, 6) is -1.77. The van der Waals surface area contributed by atoms with Gasteiger partial charge in [0, 0.05) is 12.1 Å². The number of aromatic nitrogens is 1. The molecule has 1 rings (SSSR count). The van der Waals surface area contributed by atoms with Crippen molar-refractivity contribution >= 4 is 11.6 Å². The summed E-state index contributed by atoms with van der Waals surface area (Å²) in [6, 6.07) is 0. The third kappa shape index (κ3) is 1.92. The Morgan fingerprint density at radius 2 is 2.21 bits per heavy atom. The quantitative estimate of drug-likeness (QED) is 0.583. The Morgan fingerprint density at radius 1 is 1.57 bits per heavy atom. The lowest BCUT2D eigenvalue weighted by Crippen LogP contribution is -2.02. The molecular weight excluding hydrogens is 219 g/mol. The molecule has 0 saturated heterocycles. The molecule has 0 N–H and O–H groups in total. The molecule has 1 aromatic rings. The van der Waals surface area contributed by atoms with Gasteiger partial charge in [-0.25, -0.2) is 13.8 Å². The van der Waals surface area contributed by atoms with Gasteiger partial charge in [0.15, 0.2) is 5.75 Å². The molecule has 0 spiro atoms. The molecule has 0 unspecified atom stereocenters. The second kappa shape index (κ2) is 4.50. The van der Waals surface area contributed by atoms with Crippen molar-refractivity contribution in [3.63, 3.8) is 0 Å². The van der Waals surface area contributed by atoms with E-state index in [1.807, 2.05) is 0 Å². The number of rotatable bonds is 3. The molecule has 0 atom stereocenters. The Hall–Kier alpha value is -0.970. The number of ether oxygens (including phenoxy) is 1. The number of alkyl halides is 3. The van der Waals surface area contributed by atoms with E-state index in [0.717, 1.165) is 13.3 Å². The monoisotopic (exact) mass is 225 g/mol. The van der Waals surface area contributed by atoms with Crippen molar-refractivity contribution in [2.45, 2.75) is 12.3 Å². The van der Waals surface area contributed by atoms with Crippen LogP contribution in [-0.4, -0.2) is 12.1 Å². The van der Waals surface area contributed by atoms with Crippen molar-refractivity contribution in [2.24, 2.45) is 0 Å². The van der Waals surface area contributed by atoms with Gasteiger partial charge in [0.2, 0.25) is 0 Å². The highest BCUT2D eigenvalue weighted by Crippen LogP contribution is 2.33. The van der Waals surface area contributed by atoms with E-state index in [1.54, 1.807) is 0 Å². The maximum absolute atomic E-state index is 12.9. The Morgan fingerprint density at radius 3 is 2.64 bits per heavy atom. The minimum Gasteiger partial charge on any atom is -0.492 e. The Kier molecular flexibility index (Phi) is 3.57. The second-order valence-electron chi connectivity index (χ2n) is 2.46. The standard InChI is InChI=1S/C8H7ClF3NO/c1-14-6-5(7(10)11)4(2-9)3-13-8(6)12/h3,7H,2H2,1H3. The molecule has 0 aliphatic heterocycles. The number of pyridine rings is 1. The highest BCUT2D eigenvalue weighted by molar-refractivity contribution is 6.17. The third-order valence-electron chi connectivity index (χ3n) is 1.68. The molecule has 1 aromatic heterocycles. The lowest BCUT2D eigenvalue weighted by atomic mass is 10.1. The summed E-state index contributed by atoms with van der Waals surface area (Å²) >= 11 is 5.41. The highest BCUT2D eigenvalue weighted by atomic mass is 35.5. The first-order valence-electron chi connectivity index (χ1n) is 3.67. The molecule has 14 heavy (non-hydrogen) atoms. The second-order valence-corrected chi connectivity index (χ2v) is 2.72. The van der Waals surface area contributed by atoms with E-state index in [9.17, 15) is 13.2 Å². The predicted octanol–water partition coefficient (Wildman–Crippen LogP) is 2.91. The van der Waals surface area contributed by atoms with Gasteiger partial charge in [-0.3, -0.25) is 0 Å². The summed E-state index contributed by atoms with van der Waals surface area (Å²) in [5.41, 5.74) is -0.463. The molecule has 6 heteroatoms. The van der Waals surface area contributed by atoms with Crippen LogP contribution in [0.1, 0.15) is 17.6 Å². The van der Waals surface area contributed by atoms with Crippen LogP contribution in [0.5, 0.6) is 5.75 Å². The minimum absolute atomic E-state index is 0.0694. The van der Waals surface area contributed by atoms with E-state index >= 15 is 0 Å². The zero-order valence-corrected chi connectivity index (χ0v) is 7.99. The van der Waals surface area contributed by atoms with E-state index in [1.165, 1.54) is 0 Å². The first-order valence-corrected chi connectivity index (χ1v) is 4.20. The zero-order valence-electron chi connectivity index (χ0n) is 7.23. The van der Waals surface area contributed by atoms with E-state index in [4.69, 9.17) is 11.6 Å². The summed E-state index contributed by atoms with van der Waals surface area (Å²) in [7, 11) is 1.10. The smallest absolute Gasteiger partial charge is 0.267 e. The molecule has 0 aromatic carbocycles. The van der Waals surface area contributed by atoms with Gasteiger partial charge in [-0.1, -0.05) is 0 Å². The molecule has 0 radical (unpaired) electrons. The molecule has 1 heterocycles. The summed E-state index contributed by atoms with van der Waals surface area (Å²) < 4.78 is 42.4. The summed E-state index contributed by atoms with van der Waals surface area (Å²) in [6.45, 7) is 0. The average molecular weight is 226 g/mol. The number of hydrogen-bond acceptors (Lipinski definition) is 2. The van der Waals surface area contributed by atoms with Gasteiger partial charge in [-0.2, -0.15) is 4.39 Å². The van der Waals surface area contributed by atoms with Crippen LogP contribution in [0.15, 0.2) is 6.20 Å². The molecule has 0 saturated carbocycles. The maximum atomic E-state index is 12.9. The molecule has 0 amide bonds. The van der Waals surface area contributed by atoms with E-state index in [2.05, 4.69) is 9.72 Å². The van der Waals surface area contributed by atoms with Gasteiger partial charge in [0.1, 0.15) is 0 Å². The van der Waals surface area contributed by atoms with Crippen molar-refractivity contribution in [3.8, 4) is 5.75 Å². The molecular formula is C8H7ClF3NO. The fourth-order valence-electron chi connectivity index (χ4n) is 1.06. The number of methoxy groups -OCH3 is 1. The summed E-state index contributed by atoms with van der Waals surface area (Å²) in [4.78, 5) is 3.25. The van der Waals surface area contributed by atoms with Crippen LogP contribution in [0.25, 0.3) is 0 Å². The molecule has 0 bridgehead atoms. The Bertz CT molecular complexity index is 333. The topological polar surface area (TPSA) is 22.1 Å². The van der Waals surface area contributed by atoms with Gasteiger partial charge in [0.25, 0.3) is 12.4 Å². The van der Waals surface area contributed by atoms with Crippen LogP contribution in [0.3, 0.4) is 0 Å². The molecule has 78 valence electrons. The highest BCUT2D eigenvalue weighted by Gasteiger charge is 2.22. The van der Waals surface area contributed by atoms with Crippen LogP contribution in [0, 0.1) is 5.95 Å². The molecule has 0 aliphatic rings. The van der Waals surface area contributed by atoms with Crippen molar-refractivity contribution in [2.75, 3.05) is 7.11 Å². The van der Waals surface area contributed by atoms with E-state index in [0.29, 0.717) is 0 Å². The lowest BCUT2D eigenvalue weighted by Gasteiger charge is -2.11. The van der Waals surface area contributed by atoms with Gasteiger partial charge in [0.05, 0.1) is 12.7 Å². The summed E-state index contributed by atoms with van der Waals surface area (Å²) in [6.07, 6.45) is -1.86. The van der Waals surface area contributed by atoms with Crippen LogP contribution in [-0.2, 0) is 5.88 Å². The molecule has 0 aliphatic carbocycles. The van der Waals surface area contributed by atoms with Crippen molar-refractivity contribution in [3.05, 3.63) is 23.3 Å². The van der Waals surface area contributed by atoms with Gasteiger partial charge in [-0.05, 0) is 5.56 Å². The number of nitrogens with zero attached hydrogens (tertiary/aromatic N) is 1. The van der Waals surface area contributed by atoms with Crippen LogP contribution < -0.4 is 4.74 Å². The Balaban J connectivity index is 3.36. The molecule has 2 nitrogen and oxygen atoms in total. The van der Waals surface area contributed by atoms with Crippen molar-refractivity contribution in [1.29, 1.82) is 0 Å². The number of halogens is 4. The number of hydrogen-bond donors (Lipinski definition) is 0. The first-order chi connectivity index (χ1) is 6.61. The SMILES string of the molecule is COc1c(F)ncc(CCl)c1C(F)F. The van der Waals surface area contributed by atoms with Crippen LogP contribution >= 0.6 is 11.6 Å². The van der Waals surface area contributed by atoms with Crippen LogP contribution in [0.2, 0.25) is 0 Å². The lowest BCUT2D eigenvalue weighted by molar-refractivity contribution is 0.144. The van der Waals surface area contributed by atoms with E-state index in [-0.39, 0.29) is 11.4 Å². The van der Waals surface area contributed by atoms with Crippen molar-refractivity contribution in [1.82, 2.24) is 4.98 Å². The minimum atomic E-state index is -2.84. The van der Waals surface area contributed by atoms with Gasteiger partial charge < -0.3 is 4.74 Å². The normalized spacial score (nSPS) is 10.7. The van der Waals surface area contributed by atoms with Gasteiger partial charge >= 0.3 is 0 Å².